The Morgan fingerprint density at radius 3 is 2.79 bits per heavy atom. The first kappa shape index (κ1) is 17.7. The van der Waals surface area contributed by atoms with Gasteiger partial charge < -0.3 is 14.8 Å². The Hall–Kier alpha value is -2.60. The van der Waals surface area contributed by atoms with Crippen LogP contribution in [0.1, 0.15) is 18.9 Å². The fraction of sp³-hybridized carbons (Fsp3) is 0.333. The molecule has 6 heteroatoms. The molecule has 0 saturated heterocycles. The molecule has 0 bridgehead atoms. The van der Waals surface area contributed by atoms with Crippen LogP contribution >= 0.6 is 0 Å². The molecule has 1 heterocycles. The molecular weight excluding hydrogens is 306 g/mol. The molecule has 1 aromatic heterocycles. The van der Waals surface area contributed by atoms with E-state index >= 15 is 0 Å². The molecule has 1 N–H and O–H groups in total. The van der Waals surface area contributed by atoms with Crippen molar-refractivity contribution in [2.75, 3.05) is 25.6 Å². The minimum absolute atomic E-state index is 0.201. The van der Waals surface area contributed by atoms with Crippen LogP contribution in [0, 0.1) is 0 Å². The Labute approximate surface area is 142 Å². The van der Waals surface area contributed by atoms with E-state index in [-0.39, 0.29) is 5.91 Å². The van der Waals surface area contributed by atoms with Crippen LogP contribution in [0.3, 0.4) is 0 Å². The van der Waals surface area contributed by atoms with Crippen LogP contribution in [0.4, 0.5) is 5.69 Å². The van der Waals surface area contributed by atoms with Crippen LogP contribution in [-0.4, -0.2) is 36.0 Å². The summed E-state index contributed by atoms with van der Waals surface area (Å²) in [5, 5.41) is 6.92. The molecule has 0 unspecified atom stereocenters. The number of rotatable bonds is 9. The van der Waals surface area contributed by atoms with Crippen molar-refractivity contribution in [1.29, 1.82) is 0 Å². The number of methoxy groups -OCH3 is 1. The van der Waals surface area contributed by atoms with Gasteiger partial charge in [0.15, 0.2) is 0 Å². The number of hydrogen-bond acceptors (Lipinski definition) is 4. The number of anilines is 1. The highest BCUT2D eigenvalue weighted by atomic mass is 16.5. The van der Waals surface area contributed by atoms with E-state index in [9.17, 15) is 4.79 Å². The molecule has 24 heavy (non-hydrogen) atoms. The van der Waals surface area contributed by atoms with Crippen molar-refractivity contribution < 1.29 is 14.3 Å². The molecule has 1 amide bonds. The van der Waals surface area contributed by atoms with E-state index in [0.717, 1.165) is 17.7 Å². The Bertz CT molecular complexity index is 662. The van der Waals surface area contributed by atoms with Crippen molar-refractivity contribution in [3.63, 3.8) is 0 Å². The minimum atomic E-state index is -0.201. The second-order valence-corrected chi connectivity index (χ2v) is 5.22. The van der Waals surface area contributed by atoms with Crippen molar-refractivity contribution in [1.82, 2.24) is 9.78 Å². The third kappa shape index (κ3) is 5.89. The molecule has 1 aromatic carbocycles. The predicted octanol–water partition coefficient (Wildman–Crippen LogP) is 2.97. The standard InChI is InChI=1S/C18H23N3O3/c1-3-11-24-17-7-4-15(5-8-17)6-9-18(22)20-16-13-19-21(14-16)10-12-23-2/h4-9,13-14H,3,10-12H2,1-2H3,(H,20,22). The van der Waals surface area contributed by atoms with Crippen molar-refractivity contribution >= 4 is 17.7 Å². The number of aromatic nitrogens is 2. The lowest BCUT2D eigenvalue weighted by atomic mass is 10.2. The summed E-state index contributed by atoms with van der Waals surface area (Å²) in [6.07, 6.45) is 7.61. The van der Waals surface area contributed by atoms with E-state index in [1.807, 2.05) is 24.3 Å². The molecule has 2 aromatic rings. The van der Waals surface area contributed by atoms with Gasteiger partial charge in [0.05, 0.1) is 31.6 Å². The van der Waals surface area contributed by atoms with Gasteiger partial charge in [-0.25, -0.2) is 0 Å². The van der Waals surface area contributed by atoms with E-state index < -0.39 is 0 Å². The third-order valence-corrected chi connectivity index (χ3v) is 3.21. The molecule has 0 aliphatic heterocycles. The van der Waals surface area contributed by atoms with Crippen LogP contribution in [-0.2, 0) is 16.1 Å². The van der Waals surface area contributed by atoms with Gasteiger partial charge in [-0.05, 0) is 30.2 Å². The van der Waals surface area contributed by atoms with Crippen molar-refractivity contribution in [2.45, 2.75) is 19.9 Å². The van der Waals surface area contributed by atoms with Gasteiger partial charge >= 0.3 is 0 Å². The number of hydrogen-bond donors (Lipinski definition) is 1. The van der Waals surface area contributed by atoms with E-state index in [1.165, 1.54) is 6.08 Å². The van der Waals surface area contributed by atoms with Gasteiger partial charge in [-0.3, -0.25) is 9.48 Å². The quantitative estimate of drug-likeness (QED) is 0.718. The highest BCUT2D eigenvalue weighted by molar-refractivity contribution is 6.01. The van der Waals surface area contributed by atoms with Gasteiger partial charge in [0, 0.05) is 19.4 Å². The average molecular weight is 329 g/mol. The van der Waals surface area contributed by atoms with Crippen molar-refractivity contribution in [3.05, 3.63) is 48.3 Å². The number of amides is 1. The Balaban J connectivity index is 1.84. The number of benzene rings is 1. The second kappa shape index (κ2) is 9.52. The second-order valence-electron chi connectivity index (χ2n) is 5.22. The van der Waals surface area contributed by atoms with E-state index in [4.69, 9.17) is 9.47 Å². The Kier molecular flexibility index (Phi) is 7.04. The first-order valence-corrected chi connectivity index (χ1v) is 7.94. The maximum Gasteiger partial charge on any atom is 0.248 e. The van der Waals surface area contributed by atoms with Gasteiger partial charge in [-0.1, -0.05) is 19.1 Å². The molecule has 6 nitrogen and oxygen atoms in total. The van der Waals surface area contributed by atoms with Crippen molar-refractivity contribution in [2.24, 2.45) is 0 Å². The van der Waals surface area contributed by atoms with Gasteiger partial charge in [-0.15, -0.1) is 0 Å². The molecule has 0 aliphatic rings. The highest BCUT2D eigenvalue weighted by Gasteiger charge is 2.01. The van der Waals surface area contributed by atoms with Gasteiger partial charge in [0.1, 0.15) is 5.75 Å². The fourth-order valence-electron chi connectivity index (χ4n) is 1.99. The minimum Gasteiger partial charge on any atom is -0.494 e. The fourth-order valence-corrected chi connectivity index (χ4v) is 1.99. The summed E-state index contributed by atoms with van der Waals surface area (Å²) in [4.78, 5) is 11.9. The lowest BCUT2D eigenvalue weighted by molar-refractivity contribution is -0.111. The zero-order valence-corrected chi connectivity index (χ0v) is 14.1. The zero-order valence-electron chi connectivity index (χ0n) is 14.1. The summed E-state index contributed by atoms with van der Waals surface area (Å²) in [6.45, 7) is 3.99. The van der Waals surface area contributed by atoms with Gasteiger partial charge in [-0.2, -0.15) is 5.10 Å². The number of nitrogens with one attached hydrogen (secondary N) is 1. The zero-order chi connectivity index (χ0) is 17.2. The van der Waals surface area contributed by atoms with Crippen LogP contribution in [0.15, 0.2) is 42.7 Å². The lowest BCUT2D eigenvalue weighted by Gasteiger charge is -2.04. The van der Waals surface area contributed by atoms with Gasteiger partial charge in [0.2, 0.25) is 5.91 Å². The molecule has 2 rings (SSSR count). The lowest BCUT2D eigenvalue weighted by Crippen LogP contribution is -2.07. The summed E-state index contributed by atoms with van der Waals surface area (Å²) >= 11 is 0. The van der Waals surface area contributed by atoms with Crippen LogP contribution in [0.5, 0.6) is 5.75 Å². The molecule has 0 fully saturated rings. The summed E-state index contributed by atoms with van der Waals surface area (Å²) < 4.78 is 12.2. The largest absolute Gasteiger partial charge is 0.494 e. The number of nitrogens with zero attached hydrogens (tertiary/aromatic N) is 2. The summed E-state index contributed by atoms with van der Waals surface area (Å²) in [7, 11) is 1.64. The monoisotopic (exact) mass is 329 g/mol. The number of carbonyl (C=O) groups excluding carboxylic acids is 1. The highest BCUT2D eigenvalue weighted by Crippen LogP contribution is 2.13. The first-order valence-electron chi connectivity index (χ1n) is 7.94. The van der Waals surface area contributed by atoms with Crippen LogP contribution < -0.4 is 10.1 Å². The Morgan fingerprint density at radius 2 is 2.08 bits per heavy atom. The molecule has 0 radical (unpaired) electrons. The van der Waals surface area contributed by atoms with Crippen molar-refractivity contribution in [3.8, 4) is 5.75 Å². The van der Waals surface area contributed by atoms with Crippen LogP contribution in [0.2, 0.25) is 0 Å². The summed E-state index contributed by atoms with van der Waals surface area (Å²) in [5.74, 6) is 0.634. The molecule has 128 valence electrons. The predicted molar refractivity (Wildman–Crippen MR) is 94.0 cm³/mol. The van der Waals surface area contributed by atoms with E-state index in [2.05, 4.69) is 17.3 Å². The molecule has 0 saturated carbocycles. The van der Waals surface area contributed by atoms with E-state index in [0.29, 0.717) is 25.4 Å². The van der Waals surface area contributed by atoms with E-state index in [1.54, 1.807) is 30.3 Å². The topological polar surface area (TPSA) is 65.4 Å². The SMILES string of the molecule is CCCOc1ccc(C=CC(=O)Nc2cnn(CCOC)c2)cc1. The molecule has 0 spiro atoms. The maximum absolute atomic E-state index is 11.9. The number of ether oxygens (including phenoxy) is 2. The smallest absolute Gasteiger partial charge is 0.248 e. The average Bonchev–Trinajstić information content (AvgIpc) is 3.04. The molecule has 0 aliphatic carbocycles. The number of carbonyl (C=O) groups is 1. The molecular formula is C18H23N3O3. The molecule has 0 atom stereocenters. The summed E-state index contributed by atoms with van der Waals surface area (Å²) in [6, 6.07) is 7.62. The van der Waals surface area contributed by atoms with Gasteiger partial charge in [0.25, 0.3) is 0 Å². The Morgan fingerprint density at radius 1 is 1.29 bits per heavy atom. The van der Waals surface area contributed by atoms with Crippen LogP contribution in [0.25, 0.3) is 6.08 Å². The third-order valence-electron chi connectivity index (χ3n) is 3.21. The summed E-state index contributed by atoms with van der Waals surface area (Å²) in [5.41, 5.74) is 1.59. The maximum atomic E-state index is 11.9. The first-order chi connectivity index (χ1) is 11.7. The normalized spacial score (nSPS) is 10.9.